The van der Waals surface area contributed by atoms with Crippen molar-refractivity contribution in [3.63, 3.8) is 0 Å². The molecule has 0 bridgehead atoms. The molecule has 98 valence electrons. The highest BCUT2D eigenvalue weighted by molar-refractivity contribution is 9.11. The lowest BCUT2D eigenvalue weighted by Crippen LogP contribution is -2.25. The third-order valence-electron chi connectivity index (χ3n) is 2.72. The summed E-state index contributed by atoms with van der Waals surface area (Å²) in [7, 11) is 0. The first-order valence-corrected chi connectivity index (χ1v) is 7.36. The number of halogens is 2. The lowest BCUT2D eigenvalue weighted by Gasteiger charge is -2.25. The molecule has 18 heavy (non-hydrogen) atoms. The third-order valence-corrected chi connectivity index (χ3v) is 4.19. The largest absolute Gasteiger partial charge is 0.492 e. The molecule has 3 heteroatoms. The molecule has 0 spiro atoms. The van der Waals surface area contributed by atoms with E-state index in [0.717, 1.165) is 35.9 Å². The molecular formula is C15H18BrClO. The summed E-state index contributed by atoms with van der Waals surface area (Å²) in [6.07, 6.45) is 16.3. The van der Waals surface area contributed by atoms with Crippen LogP contribution in [0.3, 0.4) is 0 Å². The highest BCUT2D eigenvalue weighted by atomic mass is 79.9. The molecule has 1 aliphatic rings. The van der Waals surface area contributed by atoms with Gasteiger partial charge in [-0.2, -0.15) is 0 Å². The van der Waals surface area contributed by atoms with E-state index in [1.165, 1.54) is 0 Å². The number of ether oxygens (including phenoxy) is 1. The van der Waals surface area contributed by atoms with E-state index >= 15 is 0 Å². The van der Waals surface area contributed by atoms with Crippen LogP contribution in [0.1, 0.15) is 32.6 Å². The average molecular weight is 330 g/mol. The highest BCUT2D eigenvalue weighted by Crippen LogP contribution is 2.28. The summed E-state index contributed by atoms with van der Waals surface area (Å²) in [6.45, 7) is 2.09. The Morgan fingerprint density at radius 1 is 1.67 bits per heavy atom. The van der Waals surface area contributed by atoms with E-state index in [1.54, 1.807) is 6.08 Å². The second-order valence-electron chi connectivity index (χ2n) is 4.07. The minimum atomic E-state index is -0.0321. The van der Waals surface area contributed by atoms with Crippen molar-refractivity contribution < 1.29 is 4.74 Å². The van der Waals surface area contributed by atoms with Crippen molar-refractivity contribution in [2.45, 2.75) is 44.1 Å². The van der Waals surface area contributed by atoms with Gasteiger partial charge in [0.2, 0.25) is 0 Å². The average Bonchev–Trinajstić information content (AvgIpc) is 2.37. The molecule has 0 radical (unpaired) electrons. The number of terminal acetylenes is 1. The summed E-state index contributed by atoms with van der Waals surface area (Å²) >= 11 is 9.91. The summed E-state index contributed by atoms with van der Waals surface area (Å²) < 4.78 is 7.13. The minimum Gasteiger partial charge on any atom is -0.492 e. The molecule has 0 saturated heterocycles. The zero-order valence-electron chi connectivity index (χ0n) is 10.5. The van der Waals surface area contributed by atoms with Crippen LogP contribution in [0, 0.1) is 12.3 Å². The van der Waals surface area contributed by atoms with Crippen molar-refractivity contribution in [2.75, 3.05) is 0 Å². The van der Waals surface area contributed by atoms with Gasteiger partial charge in [-0.3, -0.25) is 0 Å². The van der Waals surface area contributed by atoms with Gasteiger partial charge >= 0.3 is 0 Å². The second kappa shape index (κ2) is 8.45. The van der Waals surface area contributed by atoms with Gasteiger partial charge < -0.3 is 4.74 Å². The summed E-state index contributed by atoms with van der Waals surface area (Å²) in [5.41, 5.74) is 0. The van der Waals surface area contributed by atoms with E-state index in [-0.39, 0.29) is 11.5 Å². The van der Waals surface area contributed by atoms with Crippen LogP contribution < -0.4 is 0 Å². The topological polar surface area (TPSA) is 9.23 Å². The van der Waals surface area contributed by atoms with Crippen molar-refractivity contribution in [1.82, 2.24) is 0 Å². The van der Waals surface area contributed by atoms with Crippen molar-refractivity contribution in [3.8, 4) is 12.3 Å². The summed E-state index contributed by atoms with van der Waals surface area (Å²) in [4.78, 5) is 0. The zero-order chi connectivity index (χ0) is 13.4. The summed E-state index contributed by atoms with van der Waals surface area (Å²) in [5.74, 6) is 3.45. The second-order valence-corrected chi connectivity index (χ2v) is 5.59. The van der Waals surface area contributed by atoms with Gasteiger partial charge in [0.1, 0.15) is 11.9 Å². The van der Waals surface area contributed by atoms with Crippen LogP contribution in [0.15, 0.2) is 34.5 Å². The Hall–Kier alpha value is -0.650. The normalized spacial score (nSPS) is 29.0. The van der Waals surface area contributed by atoms with Crippen molar-refractivity contribution in [1.29, 1.82) is 0 Å². The van der Waals surface area contributed by atoms with Crippen molar-refractivity contribution >= 4 is 27.5 Å². The first kappa shape index (κ1) is 15.4. The van der Waals surface area contributed by atoms with Gasteiger partial charge in [0.15, 0.2) is 0 Å². The predicted molar refractivity (Wildman–Crippen MR) is 81.7 cm³/mol. The molecule has 1 rings (SSSR count). The number of rotatable bonds is 3. The number of hydrogen-bond acceptors (Lipinski definition) is 1. The molecule has 0 aromatic rings. The smallest absolute Gasteiger partial charge is 0.118 e. The van der Waals surface area contributed by atoms with Crippen LogP contribution in [-0.4, -0.2) is 11.5 Å². The molecule has 2 atom stereocenters. The molecule has 0 fully saturated rings. The van der Waals surface area contributed by atoms with Gasteiger partial charge in [-0.25, -0.2) is 0 Å². The number of allylic oxidation sites excluding steroid dienone is 4. The maximum Gasteiger partial charge on any atom is 0.118 e. The molecule has 0 unspecified atom stereocenters. The fraction of sp³-hybridized carbons (Fsp3) is 0.467. The minimum absolute atomic E-state index is 0.0314. The standard InChI is InChI=1S/C15H18BrClO/c1-3-5-6-11-15-13(17)9-7-8-10-14(18-15)12(16)4-2/h1,5-8,13,15H,4,9-11H2,2H3/b6-5?,8-7-,14-12-/t13-,15-/m0/s1. The lowest BCUT2D eigenvalue weighted by molar-refractivity contribution is 0.108. The Morgan fingerprint density at radius 3 is 3.11 bits per heavy atom. The molecule has 1 nitrogen and oxygen atoms in total. The van der Waals surface area contributed by atoms with E-state index in [0.29, 0.717) is 0 Å². The first-order valence-electron chi connectivity index (χ1n) is 6.13. The van der Waals surface area contributed by atoms with E-state index in [9.17, 15) is 0 Å². The molecule has 0 aliphatic carbocycles. The quantitative estimate of drug-likeness (QED) is 0.405. The Labute approximate surface area is 123 Å². The van der Waals surface area contributed by atoms with Crippen molar-refractivity contribution in [3.05, 3.63) is 34.5 Å². The van der Waals surface area contributed by atoms with Crippen LogP contribution in [0.25, 0.3) is 0 Å². The molecule has 0 saturated carbocycles. The van der Waals surface area contributed by atoms with Gasteiger partial charge in [-0.15, -0.1) is 18.0 Å². The van der Waals surface area contributed by atoms with E-state index in [2.05, 4.69) is 40.9 Å². The highest BCUT2D eigenvalue weighted by Gasteiger charge is 2.22. The van der Waals surface area contributed by atoms with Crippen LogP contribution in [0.2, 0.25) is 0 Å². The van der Waals surface area contributed by atoms with Crippen LogP contribution in [-0.2, 0) is 4.74 Å². The van der Waals surface area contributed by atoms with E-state index in [1.807, 2.05) is 6.08 Å². The summed E-state index contributed by atoms with van der Waals surface area (Å²) in [5, 5.41) is -0.0314. The van der Waals surface area contributed by atoms with Crippen LogP contribution in [0.5, 0.6) is 0 Å². The predicted octanol–water partition coefficient (Wildman–Crippen LogP) is 4.93. The maximum absolute atomic E-state index is 6.35. The molecule has 0 N–H and O–H groups in total. The Balaban J connectivity index is 2.82. The van der Waals surface area contributed by atoms with Gasteiger partial charge in [0.05, 0.1) is 5.38 Å². The maximum atomic E-state index is 6.35. The van der Waals surface area contributed by atoms with Gasteiger partial charge in [0.25, 0.3) is 0 Å². The third kappa shape index (κ3) is 4.92. The molecule has 1 heterocycles. The number of hydrogen-bond donors (Lipinski definition) is 0. The van der Waals surface area contributed by atoms with Gasteiger partial charge in [-0.1, -0.05) is 47.0 Å². The molecular weight excluding hydrogens is 312 g/mol. The lowest BCUT2D eigenvalue weighted by atomic mass is 10.1. The fourth-order valence-electron chi connectivity index (χ4n) is 1.71. The van der Waals surface area contributed by atoms with Gasteiger partial charge in [0, 0.05) is 17.3 Å². The summed E-state index contributed by atoms with van der Waals surface area (Å²) in [6, 6.07) is 0. The SMILES string of the molecule is C#CC=CC[C@@H]1O/C(=C(\Br)CC)C/C=C\C[C@@H]1Cl. The Bertz CT molecular complexity index is 390. The number of alkyl halides is 1. The van der Waals surface area contributed by atoms with Crippen LogP contribution >= 0.6 is 27.5 Å². The first-order chi connectivity index (χ1) is 8.69. The van der Waals surface area contributed by atoms with Crippen LogP contribution in [0.4, 0.5) is 0 Å². The molecule has 0 amide bonds. The van der Waals surface area contributed by atoms with E-state index in [4.69, 9.17) is 22.8 Å². The fourth-order valence-corrected chi connectivity index (χ4v) is 2.22. The monoisotopic (exact) mass is 328 g/mol. The molecule has 0 aromatic heterocycles. The zero-order valence-corrected chi connectivity index (χ0v) is 12.9. The van der Waals surface area contributed by atoms with Gasteiger partial charge in [-0.05, 0) is 18.9 Å². The Kier molecular flexibility index (Phi) is 7.23. The molecule has 1 aliphatic heterocycles. The van der Waals surface area contributed by atoms with Crippen molar-refractivity contribution in [2.24, 2.45) is 0 Å². The molecule has 0 aromatic carbocycles. The van der Waals surface area contributed by atoms with E-state index < -0.39 is 0 Å². The Morgan fingerprint density at radius 2 is 2.44 bits per heavy atom.